The number of carbonyl (C=O) groups is 1. The standard InChI is InChI=1S/C25H34FN3O4/c1-25(2,3)33-24(31)28-20-12-13-21(32-19-10-8-17(26)9-11-19)23(30)22(20)29(4)16-14-18-7-5-6-15-27-18/h5-11,15,20-23,30H,12-14,16H2,1-4H3,(H,28,31)/t20-,21-,22+,23+/m1/s1. The van der Waals surface area contributed by atoms with Crippen LogP contribution in [0.15, 0.2) is 48.7 Å². The predicted octanol–water partition coefficient (Wildman–Crippen LogP) is 3.56. The molecule has 3 rings (SSSR count). The lowest BCUT2D eigenvalue weighted by molar-refractivity contribution is -0.0610. The van der Waals surface area contributed by atoms with Crippen LogP contribution in [0.4, 0.5) is 9.18 Å². The fraction of sp³-hybridized carbons (Fsp3) is 0.520. The van der Waals surface area contributed by atoms with Gasteiger partial charge in [-0.1, -0.05) is 6.07 Å². The SMILES string of the molecule is CN(CCc1ccccn1)[C@@H]1[C@@H](O)[C@H](Oc2ccc(F)cc2)CC[C@H]1NC(=O)OC(C)(C)C. The molecule has 1 aliphatic carbocycles. The molecule has 1 fully saturated rings. The summed E-state index contributed by atoms with van der Waals surface area (Å²) in [6, 6.07) is 10.8. The van der Waals surface area contributed by atoms with Gasteiger partial charge in [0.05, 0.1) is 12.1 Å². The van der Waals surface area contributed by atoms with Gasteiger partial charge in [-0.25, -0.2) is 9.18 Å². The van der Waals surface area contributed by atoms with E-state index in [0.29, 0.717) is 31.6 Å². The van der Waals surface area contributed by atoms with Gasteiger partial charge < -0.3 is 19.9 Å². The summed E-state index contributed by atoms with van der Waals surface area (Å²) >= 11 is 0. The molecule has 0 bridgehead atoms. The molecule has 1 aromatic carbocycles. The highest BCUT2D eigenvalue weighted by Gasteiger charge is 2.43. The van der Waals surface area contributed by atoms with E-state index in [1.54, 1.807) is 18.3 Å². The third kappa shape index (κ3) is 7.40. The molecular formula is C25H34FN3O4. The molecule has 0 saturated heterocycles. The van der Waals surface area contributed by atoms with Crippen molar-refractivity contribution in [3.05, 3.63) is 60.2 Å². The summed E-state index contributed by atoms with van der Waals surface area (Å²) in [6.07, 6.45) is 1.70. The van der Waals surface area contributed by atoms with Crippen LogP contribution in [-0.4, -0.2) is 64.6 Å². The van der Waals surface area contributed by atoms with Crippen molar-refractivity contribution in [3.63, 3.8) is 0 Å². The van der Waals surface area contributed by atoms with Gasteiger partial charge in [-0.05, 0) is 77.1 Å². The molecule has 1 amide bonds. The van der Waals surface area contributed by atoms with Crippen LogP contribution in [0.3, 0.4) is 0 Å². The van der Waals surface area contributed by atoms with Crippen LogP contribution in [0.25, 0.3) is 0 Å². The molecule has 1 aromatic heterocycles. The number of carbonyl (C=O) groups excluding carboxylic acids is 1. The molecule has 180 valence electrons. The molecule has 0 spiro atoms. The van der Waals surface area contributed by atoms with Crippen molar-refractivity contribution < 1.29 is 23.8 Å². The molecule has 1 aliphatic rings. The van der Waals surface area contributed by atoms with Crippen molar-refractivity contribution in [2.45, 2.75) is 69.9 Å². The predicted molar refractivity (Wildman–Crippen MR) is 124 cm³/mol. The van der Waals surface area contributed by atoms with Gasteiger partial charge in [0.1, 0.15) is 29.4 Å². The second-order valence-corrected chi connectivity index (χ2v) is 9.47. The number of aliphatic hydroxyl groups is 1. The Kier molecular flexibility index (Phi) is 8.26. The molecule has 4 atom stereocenters. The summed E-state index contributed by atoms with van der Waals surface area (Å²) in [5.74, 6) is 0.147. The lowest BCUT2D eigenvalue weighted by Crippen LogP contribution is -2.63. The minimum Gasteiger partial charge on any atom is -0.488 e. The van der Waals surface area contributed by atoms with Crippen LogP contribution >= 0.6 is 0 Å². The maximum atomic E-state index is 13.3. The average molecular weight is 460 g/mol. The quantitative estimate of drug-likeness (QED) is 0.659. The van der Waals surface area contributed by atoms with Gasteiger partial charge in [-0.15, -0.1) is 0 Å². The summed E-state index contributed by atoms with van der Waals surface area (Å²) in [4.78, 5) is 18.9. The van der Waals surface area contributed by atoms with Gasteiger partial charge >= 0.3 is 6.09 Å². The van der Waals surface area contributed by atoms with E-state index in [-0.39, 0.29) is 11.9 Å². The zero-order valence-corrected chi connectivity index (χ0v) is 19.7. The summed E-state index contributed by atoms with van der Waals surface area (Å²) < 4.78 is 24.7. The van der Waals surface area contributed by atoms with Crippen molar-refractivity contribution in [1.29, 1.82) is 0 Å². The van der Waals surface area contributed by atoms with Gasteiger partial charge in [-0.2, -0.15) is 0 Å². The lowest BCUT2D eigenvalue weighted by Gasteiger charge is -2.44. The number of alkyl carbamates (subject to hydrolysis) is 1. The summed E-state index contributed by atoms with van der Waals surface area (Å²) in [5.41, 5.74) is 0.330. The van der Waals surface area contributed by atoms with Gasteiger partial charge in [0.25, 0.3) is 0 Å². The Morgan fingerprint density at radius 3 is 2.58 bits per heavy atom. The molecule has 1 saturated carbocycles. The van der Waals surface area contributed by atoms with Crippen LogP contribution in [0.5, 0.6) is 5.75 Å². The molecular weight excluding hydrogens is 425 g/mol. The normalized spacial score (nSPS) is 23.2. The third-order valence-electron chi connectivity index (χ3n) is 5.66. The molecule has 0 aliphatic heterocycles. The van der Waals surface area contributed by atoms with Gasteiger partial charge in [-0.3, -0.25) is 9.88 Å². The lowest BCUT2D eigenvalue weighted by atomic mass is 9.84. The number of rotatable bonds is 7. The first kappa shape index (κ1) is 24.9. The largest absolute Gasteiger partial charge is 0.488 e. The maximum Gasteiger partial charge on any atom is 0.407 e. The highest BCUT2D eigenvalue weighted by atomic mass is 19.1. The van der Waals surface area contributed by atoms with E-state index in [0.717, 1.165) is 5.69 Å². The second kappa shape index (κ2) is 10.9. The molecule has 33 heavy (non-hydrogen) atoms. The summed E-state index contributed by atoms with van der Waals surface area (Å²) in [7, 11) is 1.92. The second-order valence-electron chi connectivity index (χ2n) is 9.47. The summed E-state index contributed by atoms with van der Waals surface area (Å²) in [6.45, 7) is 6.07. The maximum absolute atomic E-state index is 13.3. The fourth-order valence-electron chi connectivity index (χ4n) is 4.13. The van der Waals surface area contributed by atoms with Gasteiger partial charge in [0, 0.05) is 24.9 Å². The number of ether oxygens (including phenoxy) is 2. The Morgan fingerprint density at radius 2 is 1.94 bits per heavy atom. The topological polar surface area (TPSA) is 83.9 Å². The average Bonchev–Trinajstić information content (AvgIpc) is 2.75. The fourth-order valence-corrected chi connectivity index (χ4v) is 4.13. The number of benzene rings is 1. The molecule has 1 heterocycles. The molecule has 8 heteroatoms. The van der Waals surface area contributed by atoms with E-state index in [4.69, 9.17) is 9.47 Å². The third-order valence-corrected chi connectivity index (χ3v) is 5.66. The Labute approximate surface area is 194 Å². The van der Waals surface area contributed by atoms with Crippen LogP contribution in [-0.2, 0) is 11.2 Å². The molecule has 2 N–H and O–H groups in total. The number of hydrogen-bond acceptors (Lipinski definition) is 6. The monoisotopic (exact) mass is 459 g/mol. The minimum atomic E-state index is -0.877. The Hall–Kier alpha value is -2.71. The Morgan fingerprint density at radius 1 is 1.21 bits per heavy atom. The van der Waals surface area contributed by atoms with E-state index >= 15 is 0 Å². The Bertz CT molecular complexity index is 889. The minimum absolute atomic E-state index is 0.323. The number of aromatic nitrogens is 1. The molecule has 2 aromatic rings. The van der Waals surface area contributed by atoms with E-state index in [1.165, 1.54) is 12.1 Å². The Balaban J connectivity index is 1.73. The first-order valence-electron chi connectivity index (χ1n) is 11.3. The zero-order valence-electron chi connectivity index (χ0n) is 19.7. The van der Waals surface area contributed by atoms with Crippen molar-refractivity contribution in [3.8, 4) is 5.75 Å². The van der Waals surface area contributed by atoms with Crippen molar-refractivity contribution in [1.82, 2.24) is 15.2 Å². The number of hydrogen-bond donors (Lipinski definition) is 2. The van der Waals surface area contributed by atoms with E-state index in [2.05, 4.69) is 10.3 Å². The van der Waals surface area contributed by atoms with Crippen molar-refractivity contribution in [2.24, 2.45) is 0 Å². The first-order valence-corrected chi connectivity index (χ1v) is 11.3. The van der Waals surface area contributed by atoms with Crippen molar-refractivity contribution >= 4 is 6.09 Å². The van der Waals surface area contributed by atoms with Crippen molar-refractivity contribution in [2.75, 3.05) is 13.6 Å². The summed E-state index contributed by atoms with van der Waals surface area (Å²) in [5, 5.41) is 14.2. The number of halogens is 1. The van der Waals surface area contributed by atoms with Crippen LogP contribution in [0.1, 0.15) is 39.3 Å². The van der Waals surface area contributed by atoms with E-state index < -0.39 is 29.9 Å². The highest BCUT2D eigenvalue weighted by Crippen LogP contribution is 2.28. The first-order chi connectivity index (χ1) is 15.6. The molecule has 7 nitrogen and oxygen atoms in total. The van der Waals surface area contributed by atoms with Gasteiger partial charge in [0.15, 0.2) is 0 Å². The number of nitrogens with one attached hydrogen (secondary N) is 1. The molecule has 0 radical (unpaired) electrons. The van der Waals surface area contributed by atoms with Crippen LogP contribution in [0.2, 0.25) is 0 Å². The van der Waals surface area contributed by atoms with E-state index in [1.807, 2.05) is 50.9 Å². The highest BCUT2D eigenvalue weighted by molar-refractivity contribution is 5.68. The molecule has 0 unspecified atom stereocenters. The van der Waals surface area contributed by atoms with Gasteiger partial charge in [0.2, 0.25) is 0 Å². The van der Waals surface area contributed by atoms with E-state index in [9.17, 15) is 14.3 Å². The number of pyridine rings is 1. The number of amides is 1. The van der Waals surface area contributed by atoms with Crippen LogP contribution in [0, 0.1) is 5.82 Å². The number of likely N-dealkylation sites (N-methyl/N-ethyl adjacent to an activating group) is 1. The smallest absolute Gasteiger partial charge is 0.407 e. The van der Waals surface area contributed by atoms with Crippen LogP contribution < -0.4 is 10.1 Å². The number of nitrogens with zero attached hydrogens (tertiary/aromatic N) is 2. The zero-order chi connectivity index (χ0) is 24.0. The number of aliphatic hydroxyl groups excluding tert-OH is 1.